The van der Waals surface area contributed by atoms with Crippen LogP contribution in [0.25, 0.3) is 10.2 Å². The van der Waals surface area contributed by atoms with E-state index in [1.54, 1.807) is 0 Å². The number of nitrogens with zero attached hydrogens (tertiary/aromatic N) is 3. The molecule has 0 spiro atoms. The Morgan fingerprint density at radius 1 is 1.30 bits per heavy atom. The maximum absolute atomic E-state index is 12.6. The van der Waals surface area contributed by atoms with E-state index in [1.807, 2.05) is 0 Å². The summed E-state index contributed by atoms with van der Waals surface area (Å²) in [6, 6.07) is 10.1. The molecule has 0 bridgehead atoms. The molecule has 0 unspecified atom stereocenters. The van der Waals surface area contributed by atoms with E-state index in [1.165, 1.54) is 54.1 Å². The van der Waals surface area contributed by atoms with Gasteiger partial charge in [0.15, 0.2) is 0 Å². The summed E-state index contributed by atoms with van der Waals surface area (Å²) < 4.78 is 36.2. The van der Waals surface area contributed by atoms with E-state index >= 15 is 0 Å². The first-order valence-corrected chi connectivity index (χ1v) is 9.77. The molecule has 0 aliphatic heterocycles. The first kappa shape index (κ1) is 18.6. The zero-order valence-electron chi connectivity index (χ0n) is 14.0. The van der Waals surface area contributed by atoms with Gasteiger partial charge in [-0.3, -0.25) is 10.1 Å². The van der Waals surface area contributed by atoms with Crippen molar-refractivity contribution in [2.45, 2.75) is 11.4 Å². The van der Waals surface area contributed by atoms with Crippen LogP contribution in [-0.2, 0) is 16.6 Å². The number of hydrogen-bond donors (Lipinski definition) is 0. The maximum Gasteiger partial charge on any atom is 0.285 e. The quantitative estimate of drug-likeness (QED) is 0.370. The van der Waals surface area contributed by atoms with Crippen LogP contribution < -0.4 is 9.54 Å². The molecule has 0 amide bonds. The van der Waals surface area contributed by atoms with E-state index in [0.29, 0.717) is 16.0 Å². The van der Waals surface area contributed by atoms with Crippen LogP contribution in [0.4, 0.5) is 5.69 Å². The molecule has 0 saturated heterocycles. The third kappa shape index (κ3) is 3.69. The SMILES string of the molecule is C#CCn1c(=NS(=O)(=O)c2ccc(OC)cc2)sc2cc([N+](=O)[O-])ccc21. The van der Waals surface area contributed by atoms with Crippen molar-refractivity contribution in [2.75, 3.05) is 7.11 Å². The molecule has 3 rings (SSSR count). The monoisotopic (exact) mass is 403 g/mol. The number of aromatic nitrogens is 1. The van der Waals surface area contributed by atoms with Gasteiger partial charge in [-0.1, -0.05) is 17.3 Å². The molecule has 0 aliphatic carbocycles. The Labute approximate surface area is 158 Å². The number of fused-ring (bicyclic) bond motifs is 1. The van der Waals surface area contributed by atoms with Crippen molar-refractivity contribution < 1.29 is 18.1 Å². The van der Waals surface area contributed by atoms with Gasteiger partial charge in [-0.15, -0.1) is 10.8 Å². The molecule has 138 valence electrons. The number of nitro benzene ring substituents is 1. The lowest BCUT2D eigenvalue weighted by Crippen LogP contribution is -2.16. The highest BCUT2D eigenvalue weighted by Crippen LogP contribution is 2.24. The summed E-state index contributed by atoms with van der Waals surface area (Å²) in [5, 5.41) is 11.0. The van der Waals surface area contributed by atoms with Crippen LogP contribution in [0.2, 0.25) is 0 Å². The first-order chi connectivity index (χ1) is 12.9. The fourth-order valence-corrected chi connectivity index (χ4v) is 4.66. The zero-order chi connectivity index (χ0) is 19.6. The average molecular weight is 403 g/mol. The predicted molar refractivity (Wildman–Crippen MR) is 101 cm³/mol. The van der Waals surface area contributed by atoms with E-state index in [4.69, 9.17) is 11.2 Å². The van der Waals surface area contributed by atoms with Gasteiger partial charge in [0.1, 0.15) is 5.75 Å². The third-order valence-electron chi connectivity index (χ3n) is 3.68. The van der Waals surface area contributed by atoms with Gasteiger partial charge >= 0.3 is 0 Å². The van der Waals surface area contributed by atoms with Gasteiger partial charge in [-0.05, 0) is 30.3 Å². The Balaban J connectivity index is 2.20. The van der Waals surface area contributed by atoms with Gasteiger partial charge in [0.25, 0.3) is 15.7 Å². The number of terminal acetylenes is 1. The average Bonchev–Trinajstić information content (AvgIpc) is 2.98. The highest BCUT2D eigenvalue weighted by Gasteiger charge is 2.16. The Hall–Kier alpha value is -3.16. The Bertz CT molecular complexity index is 1230. The van der Waals surface area contributed by atoms with E-state index in [0.717, 1.165) is 11.3 Å². The number of hydrogen-bond acceptors (Lipinski definition) is 6. The Morgan fingerprint density at radius 3 is 2.59 bits per heavy atom. The summed E-state index contributed by atoms with van der Waals surface area (Å²) in [6.45, 7) is 0.0782. The molecule has 0 saturated carbocycles. The lowest BCUT2D eigenvalue weighted by Gasteiger charge is -2.02. The summed E-state index contributed by atoms with van der Waals surface area (Å²) in [4.78, 5) is 10.6. The molecule has 0 radical (unpaired) electrons. The van der Waals surface area contributed by atoms with E-state index < -0.39 is 14.9 Å². The van der Waals surface area contributed by atoms with E-state index in [-0.39, 0.29) is 21.9 Å². The second-order valence-electron chi connectivity index (χ2n) is 5.33. The molecule has 27 heavy (non-hydrogen) atoms. The van der Waals surface area contributed by atoms with Gasteiger partial charge in [-0.25, -0.2) is 0 Å². The second-order valence-corrected chi connectivity index (χ2v) is 7.94. The molecule has 8 nitrogen and oxygen atoms in total. The molecule has 0 atom stereocenters. The molecule has 10 heteroatoms. The number of methoxy groups -OCH3 is 1. The lowest BCUT2D eigenvalue weighted by molar-refractivity contribution is -0.384. The number of rotatable bonds is 5. The van der Waals surface area contributed by atoms with Gasteiger partial charge in [0.05, 0.1) is 33.7 Å². The van der Waals surface area contributed by atoms with Crippen molar-refractivity contribution in [1.82, 2.24) is 4.57 Å². The highest BCUT2D eigenvalue weighted by atomic mass is 32.2. The molecule has 0 aliphatic rings. The van der Waals surface area contributed by atoms with Gasteiger partial charge < -0.3 is 9.30 Å². The number of non-ortho nitro benzene ring substituents is 1. The minimum absolute atomic E-state index is 0.000931. The second kappa shape index (κ2) is 7.22. The van der Waals surface area contributed by atoms with Gasteiger partial charge in [0.2, 0.25) is 4.80 Å². The number of nitro groups is 1. The number of ether oxygens (including phenoxy) is 1. The van der Waals surface area contributed by atoms with E-state index in [9.17, 15) is 18.5 Å². The number of thiazole rings is 1. The largest absolute Gasteiger partial charge is 0.497 e. The van der Waals surface area contributed by atoms with Crippen LogP contribution in [0.5, 0.6) is 5.75 Å². The van der Waals surface area contributed by atoms with E-state index in [2.05, 4.69) is 10.3 Å². The van der Waals surface area contributed by atoms with Crippen LogP contribution >= 0.6 is 11.3 Å². The lowest BCUT2D eigenvalue weighted by atomic mass is 10.3. The maximum atomic E-state index is 12.6. The fraction of sp³-hybridized carbons (Fsp3) is 0.118. The summed E-state index contributed by atoms with van der Waals surface area (Å²) in [7, 11) is -2.52. The summed E-state index contributed by atoms with van der Waals surface area (Å²) in [5.74, 6) is 2.96. The van der Waals surface area contributed by atoms with Gasteiger partial charge in [-0.2, -0.15) is 8.42 Å². The molecule has 1 aromatic heterocycles. The minimum atomic E-state index is -4.00. The van der Waals surface area contributed by atoms with Crippen molar-refractivity contribution >= 4 is 37.3 Å². The summed E-state index contributed by atoms with van der Waals surface area (Å²) in [6.07, 6.45) is 5.39. The highest BCUT2D eigenvalue weighted by molar-refractivity contribution is 7.90. The van der Waals surface area contributed by atoms with Crippen molar-refractivity contribution in [3.05, 3.63) is 57.4 Å². The van der Waals surface area contributed by atoms with Crippen LogP contribution in [-0.4, -0.2) is 25.0 Å². The summed E-state index contributed by atoms with van der Waals surface area (Å²) >= 11 is 1.02. The Morgan fingerprint density at radius 2 is 2.00 bits per heavy atom. The van der Waals surface area contributed by atoms with Crippen LogP contribution in [0, 0.1) is 22.5 Å². The molecular weight excluding hydrogens is 390 g/mol. The van der Waals surface area contributed by atoms with Crippen molar-refractivity contribution in [3.8, 4) is 18.1 Å². The van der Waals surface area contributed by atoms with Crippen molar-refractivity contribution in [2.24, 2.45) is 4.40 Å². The van der Waals surface area contributed by atoms with Crippen molar-refractivity contribution in [3.63, 3.8) is 0 Å². The zero-order valence-corrected chi connectivity index (χ0v) is 15.7. The van der Waals surface area contributed by atoms with Crippen LogP contribution in [0.1, 0.15) is 0 Å². The normalized spacial score (nSPS) is 12.1. The number of benzene rings is 2. The molecule has 2 aromatic carbocycles. The Kier molecular flexibility index (Phi) is 4.98. The summed E-state index contributed by atoms with van der Waals surface area (Å²) in [5.41, 5.74) is 0.480. The van der Waals surface area contributed by atoms with Crippen LogP contribution in [0.3, 0.4) is 0 Å². The molecular formula is C17H13N3O5S2. The number of sulfonamides is 1. The van der Waals surface area contributed by atoms with Crippen LogP contribution in [0.15, 0.2) is 51.8 Å². The van der Waals surface area contributed by atoms with Crippen molar-refractivity contribution in [1.29, 1.82) is 0 Å². The standard InChI is InChI=1S/C17H13N3O5S2/c1-3-10-19-15-9-4-12(20(21)22)11-16(15)26-17(19)18-27(23,24)14-7-5-13(25-2)6-8-14/h1,4-9,11H,10H2,2H3. The third-order valence-corrected chi connectivity index (χ3v) is 6.12. The van der Waals surface area contributed by atoms with Gasteiger partial charge in [0, 0.05) is 12.1 Å². The topological polar surface area (TPSA) is 104 Å². The molecule has 0 N–H and O–H groups in total. The minimum Gasteiger partial charge on any atom is -0.497 e. The smallest absolute Gasteiger partial charge is 0.285 e. The molecule has 1 heterocycles. The molecule has 0 fully saturated rings. The fourth-order valence-electron chi connectivity index (χ4n) is 2.39. The first-order valence-electron chi connectivity index (χ1n) is 7.52. The predicted octanol–water partition coefficient (Wildman–Crippen LogP) is 2.54. The molecule has 3 aromatic rings.